The highest BCUT2D eigenvalue weighted by atomic mass is 16.5. The molecule has 0 bridgehead atoms. The van der Waals surface area contributed by atoms with Crippen molar-refractivity contribution in [2.45, 2.75) is 12.0 Å². The number of morpholine rings is 1. The molecule has 0 spiro atoms. The van der Waals surface area contributed by atoms with Crippen LogP contribution >= 0.6 is 0 Å². The number of hydrogen-bond acceptors (Lipinski definition) is 8. The highest BCUT2D eigenvalue weighted by Gasteiger charge is 2.33. The second-order valence-electron chi connectivity index (χ2n) is 9.62. The normalized spacial score (nSPS) is 24.3. The molecule has 0 saturated carbocycles. The third kappa shape index (κ3) is 4.99. The Labute approximate surface area is 197 Å². The lowest BCUT2D eigenvalue weighted by Gasteiger charge is -2.34. The first-order valence-electron chi connectivity index (χ1n) is 12.1. The summed E-state index contributed by atoms with van der Waals surface area (Å²) >= 11 is 0. The van der Waals surface area contributed by atoms with Gasteiger partial charge >= 0.3 is 0 Å². The molecule has 178 valence electrons. The minimum atomic E-state index is 0.194. The summed E-state index contributed by atoms with van der Waals surface area (Å²) in [6.07, 6.45) is 2.20. The maximum Gasteiger partial charge on any atom is 0.161 e. The lowest BCUT2D eigenvalue weighted by molar-refractivity contribution is -0.0148. The zero-order valence-corrected chi connectivity index (χ0v) is 20.1. The lowest BCUT2D eigenvalue weighted by Crippen LogP contribution is -2.46. The highest BCUT2D eigenvalue weighted by molar-refractivity contribution is 5.64. The summed E-state index contributed by atoms with van der Waals surface area (Å²) in [4.78, 5) is 19.3. The van der Waals surface area contributed by atoms with E-state index in [4.69, 9.17) is 19.4 Å². The molecule has 3 aliphatic rings. The van der Waals surface area contributed by atoms with Gasteiger partial charge in [0.25, 0.3) is 0 Å². The maximum atomic E-state index is 6.05. The van der Waals surface area contributed by atoms with Crippen LogP contribution in [0.2, 0.25) is 0 Å². The Kier molecular flexibility index (Phi) is 6.78. The first-order valence-corrected chi connectivity index (χ1v) is 12.1. The molecule has 2 fully saturated rings. The third-order valence-electron chi connectivity index (χ3n) is 7.10. The minimum Gasteiger partial charge on any atom is -0.384 e. The van der Waals surface area contributed by atoms with Gasteiger partial charge in [0.05, 0.1) is 19.3 Å². The van der Waals surface area contributed by atoms with Gasteiger partial charge in [0.15, 0.2) is 5.82 Å². The van der Waals surface area contributed by atoms with Crippen LogP contribution in [0.5, 0.6) is 0 Å². The van der Waals surface area contributed by atoms with Gasteiger partial charge in [-0.3, -0.25) is 0 Å². The number of nitrogens with zero attached hydrogens (tertiary/aromatic N) is 6. The molecule has 2 aromatic rings. The number of likely N-dealkylation sites (N-methyl/N-ethyl adjacent to an activating group) is 2. The van der Waals surface area contributed by atoms with E-state index in [9.17, 15) is 0 Å². The SMILES string of the molecule is COCC1CN(C[C@H]2CN(C)CCO2)c2nc(-c3ccc(N4CCN(C)CC4)cc3)ncc21. The number of piperazine rings is 1. The van der Waals surface area contributed by atoms with Crippen molar-refractivity contribution in [2.24, 2.45) is 0 Å². The summed E-state index contributed by atoms with van der Waals surface area (Å²) in [5.41, 5.74) is 3.51. The fourth-order valence-electron chi connectivity index (χ4n) is 5.13. The Morgan fingerprint density at radius 3 is 2.52 bits per heavy atom. The van der Waals surface area contributed by atoms with Gasteiger partial charge in [0, 0.05) is 88.4 Å². The number of anilines is 2. The summed E-state index contributed by atoms with van der Waals surface area (Å²) < 4.78 is 11.5. The van der Waals surface area contributed by atoms with E-state index in [1.165, 1.54) is 11.3 Å². The second kappa shape index (κ2) is 9.93. The fourth-order valence-corrected chi connectivity index (χ4v) is 5.13. The van der Waals surface area contributed by atoms with Gasteiger partial charge < -0.3 is 29.1 Å². The molecular formula is C25H36N6O2. The fraction of sp³-hybridized carbons (Fsp3) is 0.600. The van der Waals surface area contributed by atoms with E-state index in [0.717, 1.165) is 76.2 Å². The van der Waals surface area contributed by atoms with Crippen molar-refractivity contribution in [3.63, 3.8) is 0 Å². The van der Waals surface area contributed by atoms with E-state index in [1.807, 2.05) is 6.20 Å². The van der Waals surface area contributed by atoms with E-state index in [1.54, 1.807) is 7.11 Å². The van der Waals surface area contributed by atoms with Crippen molar-refractivity contribution in [3.05, 3.63) is 36.0 Å². The Hall–Kier alpha value is -2.26. The topological polar surface area (TPSA) is 57.2 Å². The van der Waals surface area contributed by atoms with Crippen LogP contribution in [0.25, 0.3) is 11.4 Å². The van der Waals surface area contributed by atoms with Crippen molar-refractivity contribution < 1.29 is 9.47 Å². The molecule has 0 aliphatic carbocycles. The van der Waals surface area contributed by atoms with Crippen molar-refractivity contribution in [2.75, 3.05) is 96.6 Å². The zero-order chi connectivity index (χ0) is 22.8. The standard InChI is InChI=1S/C25H36N6O2/c1-28-8-10-30(11-9-28)21-6-4-19(5-7-21)24-26-14-23-20(18-32-3)15-31(25(23)27-24)17-22-16-29(2)12-13-33-22/h4-7,14,20,22H,8-13,15-18H2,1-3H3/t20?,22-/m1/s1. The molecule has 0 N–H and O–H groups in total. The number of fused-ring (bicyclic) bond motifs is 1. The summed E-state index contributed by atoms with van der Waals surface area (Å²) in [5.74, 6) is 2.10. The van der Waals surface area contributed by atoms with E-state index >= 15 is 0 Å². The van der Waals surface area contributed by atoms with E-state index in [0.29, 0.717) is 12.5 Å². The summed E-state index contributed by atoms with van der Waals surface area (Å²) in [5, 5.41) is 0. The van der Waals surface area contributed by atoms with Gasteiger partial charge in [-0.2, -0.15) is 0 Å². The number of aromatic nitrogens is 2. The van der Waals surface area contributed by atoms with Crippen LogP contribution in [0.15, 0.2) is 30.5 Å². The van der Waals surface area contributed by atoms with Crippen LogP contribution in [-0.4, -0.2) is 113 Å². The first kappa shape index (κ1) is 22.5. The van der Waals surface area contributed by atoms with E-state index in [2.05, 4.69) is 58.0 Å². The predicted molar refractivity (Wildman–Crippen MR) is 131 cm³/mol. The van der Waals surface area contributed by atoms with Crippen LogP contribution in [0.4, 0.5) is 11.5 Å². The van der Waals surface area contributed by atoms with Gasteiger partial charge in [0.1, 0.15) is 5.82 Å². The Bertz CT molecular complexity index is 931. The number of rotatable bonds is 6. The Balaban J connectivity index is 1.35. The maximum absolute atomic E-state index is 6.05. The molecule has 33 heavy (non-hydrogen) atoms. The second-order valence-corrected chi connectivity index (χ2v) is 9.62. The molecule has 8 heteroatoms. The average Bonchev–Trinajstić information content (AvgIpc) is 3.16. The zero-order valence-electron chi connectivity index (χ0n) is 20.1. The highest BCUT2D eigenvalue weighted by Crippen LogP contribution is 2.36. The molecule has 4 heterocycles. The summed E-state index contributed by atoms with van der Waals surface area (Å²) in [7, 11) is 6.11. The number of ether oxygens (including phenoxy) is 2. The monoisotopic (exact) mass is 452 g/mol. The van der Waals surface area contributed by atoms with Gasteiger partial charge in [-0.1, -0.05) is 0 Å². The third-order valence-corrected chi connectivity index (χ3v) is 7.10. The molecular weight excluding hydrogens is 416 g/mol. The molecule has 1 aromatic carbocycles. The summed E-state index contributed by atoms with van der Waals surface area (Å²) in [6, 6.07) is 8.71. The van der Waals surface area contributed by atoms with Crippen LogP contribution in [0.3, 0.4) is 0 Å². The van der Waals surface area contributed by atoms with Crippen LogP contribution < -0.4 is 9.80 Å². The van der Waals surface area contributed by atoms with Gasteiger partial charge in [0.2, 0.25) is 0 Å². The molecule has 3 aliphatic heterocycles. The number of methoxy groups -OCH3 is 1. The molecule has 1 aromatic heterocycles. The van der Waals surface area contributed by atoms with Crippen molar-refractivity contribution in [1.82, 2.24) is 19.8 Å². The quantitative estimate of drug-likeness (QED) is 0.658. The predicted octanol–water partition coefficient (Wildman–Crippen LogP) is 1.78. The van der Waals surface area contributed by atoms with Gasteiger partial charge in [-0.15, -0.1) is 0 Å². The Morgan fingerprint density at radius 1 is 1.00 bits per heavy atom. The van der Waals surface area contributed by atoms with Crippen LogP contribution in [0, 0.1) is 0 Å². The molecule has 1 unspecified atom stereocenters. The summed E-state index contributed by atoms with van der Waals surface area (Å²) in [6.45, 7) is 9.50. The van der Waals surface area contributed by atoms with Gasteiger partial charge in [-0.05, 0) is 38.4 Å². The molecule has 0 amide bonds. The van der Waals surface area contributed by atoms with Crippen molar-refractivity contribution >= 4 is 11.5 Å². The molecule has 2 saturated heterocycles. The smallest absolute Gasteiger partial charge is 0.161 e. The Morgan fingerprint density at radius 2 is 1.79 bits per heavy atom. The average molecular weight is 453 g/mol. The minimum absolute atomic E-state index is 0.194. The molecule has 5 rings (SSSR count). The number of benzene rings is 1. The van der Waals surface area contributed by atoms with Crippen molar-refractivity contribution in [1.29, 1.82) is 0 Å². The number of hydrogen-bond donors (Lipinski definition) is 0. The lowest BCUT2D eigenvalue weighted by atomic mass is 10.1. The van der Waals surface area contributed by atoms with Gasteiger partial charge in [-0.25, -0.2) is 9.97 Å². The molecule has 0 radical (unpaired) electrons. The van der Waals surface area contributed by atoms with Crippen LogP contribution in [-0.2, 0) is 9.47 Å². The largest absolute Gasteiger partial charge is 0.384 e. The molecule has 8 nitrogen and oxygen atoms in total. The van der Waals surface area contributed by atoms with E-state index in [-0.39, 0.29) is 6.10 Å². The van der Waals surface area contributed by atoms with Crippen LogP contribution in [0.1, 0.15) is 11.5 Å². The van der Waals surface area contributed by atoms with E-state index < -0.39 is 0 Å². The first-order chi connectivity index (χ1) is 16.1. The molecule has 2 atom stereocenters. The van der Waals surface area contributed by atoms with Crippen molar-refractivity contribution in [3.8, 4) is 11.4 Å².